The van der Waals surface area contributed by atoms with Crippen molar-refractivity contribution >= 4 is 29.1 Å². The third-order valence-corrected chi connectivity index (χ3v) is 4.04. The fourth-order valence-electron chi connectivity index (χ4n) is 2.60. The van der Waals surface area contributed by atoms with Gasteiger partial charge in [-0.25, -0.2) is 9.18 Å². The molecule has 1 N–H and O–H groups in total. The molecule has 11 heteroatoms. The number of nitrogens with one attached hydrogen (secondary N) is 1. The Morgan fingerprint density at radius 3 is 2.52 bits per heavy atom. The number of hydrogen-bond acceptors (Lipinski definition) is 6. The van der Waals surface area contributed by atoms with Gasteiger partial charge in [-0.2, -0.15) is 4.79 Å². The van der Waals surface area contributed by atoms with E-state index in [0.29, 0.717) is 5.56 Å². The zero-order chi connectivity index (χ0) is 20.1. The van der Waals surface area contributed by atoms with Gasteiger partial charge in [0.25, 0.3) is 11.5 Å². The third kappa shape index (κ3) is 4.59. The van der Waals surface area contributed by atoms with Crippen LogP contribution in [0.15, 0.2) is 24.3 Å². The summed E-state index contributed by atoms with van der Waals surface area (Å²) in [6.45, 7) is 0.869. The molecule has 1 aliphatic rings. The van der Waals surface area contributed by atoms with Crippen LogP contribution in [0.5, 0.6) is 0 Å². The number of carbonyl (C=O) groups excluding carboxylic acids is 3. The first-order valence-corrected chi connectivity index (χ1v) is 7.84. The number of alkyl halides is 1. The third-order valence-electron chi connectivity index (χ3n) is 4.04. The van der Waals surface area contributed by atoms with Gasteiger partial charge in [0.2, 0.25) is 5.91 Å². The summed E-state index contributed by atoms with van der Waals surface area (Å²) >= 11 is 0. The van der Waals surface area contributed by atoms with Gasteiger partial charge in [-0.3, -0.25) is 19.7 Å². The fraction of sp³-hybridized carbons (Fsp3) is 0.375. The van der Waals surface area contributed by atoms with Gasteiger partial charge >= 0.3 is 11.7 Å². The second-order valence-corrected chi connectivity index (χ2v) is 5.89. The Labute approximate surface area is 152 Å². The fourth-order valence-corrected chi connectivity index (χ4v) is 2.60. The van der Waals surface area contributed by atoms with Crippen LogP contribution in [0.3, 0.4) is 0 Å². The van der Waals surface area contributed by atoms with E-state index in [1.54, 1.807) is 0 Å². The Balaban J connectivity index is 1.93. The van der Waals surface area contributed by atoms with E-state index >= 15 is 0 Å². The average molecular weight is 378 g/mol. The van der Waals surface area contributed by atoms with Crippen LogP contribution in [0.4, 0.5) is 10.1 Å². The van der Waals surface area contributed by atoms with Crippen LogP contribution in [-0.4, -0.2) is 45.3 Å². The van der Waals surface area contributed by atoms with Crippen LogP contribution < -0.4 is 5.32 Å². The molecule has 1 aromatic rings. The molecule has 0 bridgehead atoms. The predicted octanol–water partition coefficient (Wildman–Crippen LogP) is 0.741. The minimum atomic E-state index is -1.47. The van der Waals surface area contributed by atoms with Gasteiger partial charge < -0.3 is 15.6 Å². The molecule has 1 aliphatic heterocycles. The standard InChI is InChI=1S/C16H15FN4O6/c1-8(17)13-11(19-15(13)23)6-12(22)14(20-18)16(24)27-7-9-2-4-10(5-3-9)21(25)26/h2-5,8,11,13H,6-7H2,1H3,(H,19,23)/t8?,11-,13-/m1/s1. The lowest BCUT2D eigenvalue weighted by atomic mass is 9.83. The molecule has 2 rings (SSSR count). The van der Waals surface area contributed by atoms with Crippen molar-refractivity contribution in [3.05, 3.63) is 45.5 Å². The zero-order valence-electron chi connectivity index (χ0n) is 14.1. The maximum atomic E-state index is 13.3. The molecule has 27 heavy (non-hydrogen) atoms. The van der Waals surface area contributed by atoms with Crippen LogP contribution >= 0.6 is 0 Å². The number of ether oxygens (including phenoxy) is 1. The molecule has 0 saturated carbocycles. The van der Waals surface area contributed by atoms with E-state index in [1.807, 2.05) is 0 Å². The number of non-ortho nitro benzene ring substituents is 1. The number of esters is 1. The topological polar surface area (TPSA) is 152 Å². The van der Waals surface area contributed by atoms with Crippen molar-refractivity contribution in [2.75, 3.05) is 0 Å². The van der Waals surface area contributed by atoms with Crippen molar-refractivity contribution < 1.29 is 33.2 Å². The monoisotopic (exact) mass is 378 g/mol. The normalized spacial score (nSPS) is 19.1. The lowest BCUT2D eigenvalue weighted by Crippen LogP contribution is -2.62. The minimum Gasteiger partial charge on any atom is -0.452 e. The highest BCUT2D eigenvalue weighted by molar-refractivity contribution is 6.62. The first-order valence-electron chi connectivity index (χ1n) is 7.84. The predicted molar refractivity (Wildman–Crippen MR) is 87.1 cm³/mol. The quantitative estimate of drug-likeness (QED) is 0.103. The number of ketones is 1. The molecule has 10 nitrogen and oxygen atoms in total. The van der Waals surface area contributed by atoms with Crippen molar-refractivity contribution in [3.8, 4) is 0 Å². The van der Waals surface area contributed by atoms with Gasteiger partial charge in [-0.1, -0.05) is 0 Å². The molecule has 0 radical (unpaired) electrons. The number of β-lactam (4-membered cyclic amide) rings is 1. The zero-order valence-corrected chi connectivity index (χ0v) is 14.1. The Morgan fingerprint density at radius 1 is 1.41 bits per heavy atom. The summed E-state index contributed by atoms with van der Waals surface area (Å²) in [7, 11) is 0. The maximum absolute atomic E-state index is 13.3. The SMILES string of the molecule is CC(F)[C@H]1C(=O)N[C@@H]1CC(=O)C(=[N+]=[N-])C(=O)OCc1ccc([N+](=O)[O-])cc1. The van der Waals surface area contributed by atoms with E-state index in [-0.39, 0.29) is 12.3 Å². The smallest absolute Gasteiger partial charge is 0.441 e. The van der Waals surface area contributed by atoms with Crippen molar-refractivity contribution in [2.24, 2.45) is 5.92 Å². The number of rotatable bonds is 8. The van der Waals surface area contributed by atoms with E-state index in [4.69, 9.17) is 10.3 Å². The highest BCUT2D eigenvalue weighted by Gasteiger charge is 2.46. The van der Waals surface area contributed by atoms with Gasteiger partial charge in [0.15, 0.2) is 0 Å². The number of hydrogen-bond donors (Lipinski definition) is 1. The van der Waals surface area contributed by atoms with E-state index in [1.165, 1.54) is 31.2 Å². The lowest BCUT2D eigenvalue weighted by molar-refractivity contribution is -0.384. The van der Waals surface area contributed by atoms with E-state index < -0.39 is 52.8 Å². The molecule has 1 fully saturated rings. The molecular weight excluding hydrogens is 363 g/mol. The lowest BCUT2D eigenvalue weighted by Gasteiger charge is -2.36. The Bertz CT molecular complexity index is 832. The number of benzene rings is 1. The molecule has 0 aliphatic carbocycles. The van der Waals surface area contributed by atoms with Crippen LogP contribution in [0.1, 0.15) is 18.9 Å². The van der Waals surface area contributed by atoms with Gasteiger partial charge in [0, 0.05) is 18.6 Å². The Kier molecular flexibility index (Phi) is 6.09. The molecule has 1 saturated heterocycles. The number of nitro benzene ring substituents is 1. The molecular formula is C16H15FN4O6. The summed E-state index contributed by atoms with van der Waals surface area (Å²) in [4.78, 5) is 47.9. The molecule has 1 amide bonds. The second kappa shape index (κ2) is 8.28. The number of halogens is 1. The number of nitrogens with zero attached hydrogens (tertiary/aromatic N) is 3. The maximum Gasteiger partial charge on any atom is 0.441 e. The van der Waals surface area contributed by atoms with Crippen molar-refractivity contribution in [1.82, 2.24) is 5.32 Å². The summed E-state index contributed by atoms with van der Waals surface area (Å²) in [5.41, 5.74) is 8.31. The highest BCUT2D eigenvalue weighted by Crippen LogP contribution is 2.24. The van der Waals surface area contributed by atoms with E-state index in [0.717, 1.165) is 0 Å². The Morgan fingerprint density at radius 2 is 2.04 bits per heavy atom. The molecule has 1 aromatic carbocycles. The van der Waals surface area contributed by atoms with E-state index in [9.17, 15) is 28.9 Å². The first-order chi connectivity index (χ1) is 12.7. The Hall–Kier alpha value is -3.46. The number of Topliss-reactive ketones (excluding diaryl/α,β-unsaturated/α-hetero) is 1. The van der Waals surface area contributed by atoms with Crippen LogP contribution in [0.25, 0.3) is 5.53 Å². The van der Waals surface area contributed by atoms with Gasteiger partial charge in [-0.05, 0) is 24.6 Å². The summed E-state index contributed by atoms with van der Waals surface area (Å²) in [6.07, 6.45) is -1.89. The molecule has 3 atom stereocenters. The van der Waals surface area contributed by atoms with Crippen LogP contribution in [0, 0.1) is 16.0 Å². The van der Waals surface area contributed by atoms with Gasteiger partial charge in [-0.15, -0.1) is 0 Å². The first kappa shape index (κ1) is 19.9. The van der Waals surface area contributed by atoms with Crippen molar-refractivity contribution in [3.63, 3.8) is 0 Å². The summed E-state index contributed by atoms with van der Waals surface area (Å²) in [5.74, 6) is -3.67. The van der Waals surface area contributed by atoms with Crippen LogP contribution in [-0.2, 0) is 25.7 Å². The number of nitro groups is 1. The van der Waals surface area contributed by atoms with E-state index in [2.05, 4.69) is 10.1 Å². The number of amides is 1. The van der Waals surface area contributed by atoms with Gasteiger partial charge in [0.05, 0.1) is 16.9 Å². The molecule has 1 heterocycles. The van der Waals surface area contributed by atoms with Crippen molar-refractivity contribution in [2.45, 2.75) is 32.2 Å². The highest BCUT2D eigenvalue weighted by atomic mass is 19.1. The van der Waals surface area contributed by atoms with Crippen molar-refractivity contribution in [1.29, 1.82) is 0 Å². The summed E-state index contributed by atoms with van der Waals surface area (Å²) < 4.78 is 18.2. The average Bonchev–Trinajstić information content (AvgIpc) is 2.59. The molecule has 0 spiro atoms. The second-order valence-electron chi connectivity index (χ2n) is 5.89. The molecule has 142 valence electrons. The molecule has 0 aromatic heterocycles. The molecule has 1 unspecified atom stereocenters. The number of carbonyl (C=O) groups is 3. The minimum absolute atomic E-state index is 0.142. The largest absolute Gasteiger partial charge is 0.452 e. The summed E-state index contributed by atoms with van der Waals surface area (Å²) in [5, 5.41) is 12.9. The summed E-state index contributed by atoms with van der Waals surface area (Å²) in [6, 6.07) is 4.35. The van der Waals surface area contributed by atoms with Crippen LogP contribution in [0.2, 0.25) is 0 Å². The van der Waals surface area contributed by atoms with Gasteiger partial charge in [0.1, 0.15) is 12.8 Å².